The van der Waals surface area contributed by atoms with E-state index in [2.05, 4.69) is 75.6 Å². The van der Waals surface area contributed by atoms with Gasteiger partial charge in [-0.2, -0.15) is 0 Å². The highest BCUT2D eigenvalue weighted by Gasteiger charge is 2.20. The molecule has 0 bridgehead atoms. The van der Waals surface area contributed by atoms with Gasteiger partial charge in [0.1, 0.15) is 5.82 Å². The normalized spacial score (nSPS) is 12.0. The minimum Gasteiger partial charge on any atom is -0.380 e. The Morgan fingerprint density at radius 2 is 1.61 bits per heavy atom. The largest absolute Gasteiger partial charge is 0.380 e. The number of ether oxygens (including phenoxy) is 1. The summed E-state index contributed by atoms with van der Waals surface area (Å²) >= 11 is 0. The zero-order valence-corrected chi connectivity index (χ0v) is 25.5. The zero-order chi connectivity index (χ0) is 29.4. The first-order valence-corrected chi connectivity index (χ1v) is 14.4. The van der Waals surface area contributed by atoms with Crippen molar-refractivity contribution in [2.75, 3.05) is 7.11 Å². The van der Waals surface area contributed by atoms with Crippen molar-refractivity contribution in [3.63, 3.8) is 0 Å². The molecule has 5 nitrogen and oxygen atoms in total. The number of aliphatic imine (C=N–C) groups is 1. The van der Waals surface area contributed by atoms with Crippen LogP contribution < -0.4 is 0 Å². The Kier molecular flexibility index (Phi) is 7.92. The van der Waals surface area contributed by atoms with E-state index in [0.717, 1.165) is 80.4 Å². The summed E-state index contributed by atoms with van der Waals surface area (Å²) < 4.78 is 7.77. The molecule has 0 N–H and O–H groups in total. The van der Waals surface area contributed by atoms with Crippen LogP contribution in [-0.4, -0.2) is 28.7 Å². The molecule has 0 atom stereocenters. The number of carbonyl (C=O) groups excluding carboxylic acids is 1. The number of fused-ring (bicyclic) bond motifs is 2. The molecular weight excluding hydrogens is 506 g/mol. The molecule has 0 aliphatic heterocycles. The maximum absolute atomic E-state index is 12.5. The molecular formula is C36H39N3O2. The first kappa shape index (κ1) is 28.4. The Morgan fingerprint density at radius 1 is 0.902 bits per heavy atom. The summed E-state index contributed by atoms with van der Waals surface area (Å²) in [4.78, 5) is 22.7. The predicted octanol–water partition coefficient (Wildman–Crippen LogP) is 8.54. The van der Waals surface area contributed by atoms with Crippen molar-refractivity contribution >= 4 is 39.5 Å². The Balaban J connectivity index is 1.81. The summed E-state index contributed by atoms with van der Waals surface area (Å²) in [6, 6.07) is 16.9. The van der Waals surface area contributed by atoms with Gasteiger partial charge in [0, 0.05) is 41.9 Å². The van der Waals surface area contributed by atoms with Crippen LogP contribution >= 0.6 is 0 Å². The number of rotatable bonds is 8. The van der Waals surface area contributed by atoms with Crippen LogP contribution in [0.3, 0.4) is 0 Å². The van der Waals surface area contributed by atoms with Gasteiger partial charge < -0.3 is 9.30 Å². The van der Waals surface area contributed by atoms with Gasteiger partial charge in [0.05, 0.1) is 23.3 Å². The van der Waals surface area contributed by atoms with Crippen molar-refractivity contribution < 1.29 is 9.53 Å². The maximum atomic E-state index is 12.5. The SMILES string of the molecule is CCc1cc(N=C(C)c2ccc(C=O)c3c(-c4nc5cc(CC)c(C)cc5n4C)ccc(COC)c23)c(C)cc1C. The fraction of sp³-hybridized carbons (Fsp3) is 0.306. The molecule has 0 amide bonds. The average Bonchev–Trinajstić information content (AvgIpc) is 3.28. The molecule has 0 radical (unpaired) electrons. The number of hydrogen-bond acceptors (Lipinski definition) is 4. The van der Waals surface area contributed by atoms with Crippen LogP contribution in [0.4, 0.5) is 5.69 Å². The lowest BCUT2D eigenvalue weighted by molar-refractivity contribution is 0.112. The van der Waals surface area contributed by atoms with Crippen LogP contribution in [0.5, 0.6) is 0 Å². The van der Waals surface area contributed by atoms with Crippen molar-refractivity contribution in [2.45, 2.75) is 61.0 Å². The van der Waals surface area contributed by atoms with Crippen LogP contribution in [0.25, 0.3) is 33.2 Å². The van der Waals surface area contributed by atoms with Gasteiger partial charge in [-0.15, -0.1) is 0 Å². The number of aromatic nitrogens is 2. The lowest BCUT2D eigenvalue weighted by Crippen LogP contribution is -2.04. The Hall–Kier alpha value is -4.09. The lowest BCUT2D eigenvalue weighted by Gasteiger charge is -2.17. The molecule has 4 aromatic carbocycles. The fourth-order valence-corrected chi connectivity index (χ4v) is 6.09. The van der Waals surface area contributed by atoms with Gasteiger partial charge >= 0.3 is 0 Å². The molecule has 5 aromatic rings. The maximum Gasteiger partial charge on any atom is 0.150 e. The summed E-state index contributed by atoms with van der Waals surface area (Å²) in [6.45, 7) is 13.2. The van der Waals surface area contributed by atoms with Gasteiger partial charge in [0.15, 0.2) is 6.29 Å². The molecule has 0 saturated heterocycles. The molecule has 1 heterocycles. The minimum absolute atomic E-state index is 0.421. The summed E-state index contributed by atoms with van der Waals surface area (Å²) in [5.41, 5.74) is 13.7. The number of aldehydes is 1. The fourth-order valence-electron chi connectivity index (χ4n) is 6.09. The third kappa shape index (κ3) is 5.00. The smallest absolute Gasteiger partial charge is 0.150 e. The number of methoxy groups -OCH3 is 1. The predicted molar refractivity (Wildman–Crippen MR) is 171 cm³/mol. The second-order valence-corrected chi connectivity index (χ2v) is 11.0. The molecule has 5 heteroatoms. The van der Waals surface area contributed by atoms with Crippen LogP contribution in [-0.2, 0) is 31.2 Å². The highest BCUT2D eigenvalue weighted by atomic mass is 16.5. The van der Waals surface area contributed by atoms with Crippen LogP contribution in [0.1, 0.15) is 70.1 Å². The van der Waals surface area contributed by atoms with Gasteiger partial charge in [0.2, 0.25) is 0 Å². The third-order valence-corrected chi connectivity index (χ3v) is 8.38. The van der Waals surface area contributed by atoms with Gasteiger partial charge in [0.25, 0.3) is 0 Å². The summed E-state index contributed by atoms with van der Waals surface area (Å²) in [7, 11) is 3.75. The molecule has 0 spiro atoms. The first-order chi connectivity index (χ1) is 19.7. The number of imidazole rings is 1. The number of hydrogen-bond donors (Lipinski definition) is 0. The van der Waals surface area contributed by atoms with Gasteiger partial charge in [-0.05, 0) is 97.5 Å². The van der Waals surface area contributed by atoms with Crippen molar-refractivity contribution in [1.82, 2.24) is 9.55 Å². The van der Waals surface area contributed by atoms with E-state index in [1.807, 2.05) is 26.1 Å². The van der Waals surface area contributed by atoms with Crippen LogP contribution in [0.2, 0.25) is 0 Å². The molecule has 5 rings (SSSR count). The van der Waals surface area contributed by atoms with Crippen LogP contribution in [0, 0.1) is 20.8 Å². The van der Waals surface area contributed by atoms with E-state index >= 15 is 0 Å². The molecule has 0 aliphatic rings. The second kappa shape index (κ2) is 11.4. The Labute approximate surface area is 242 Å². The van der Waals surface area contributed by atoms with Crippen molar-refractivity contribution in [2.24, 2.45) is 12.0 Å². The average molecular weight is 546 g/mol. The zero-order valence-electron chi connectivity index (χ0n) is 25.5. The number of nitrogens with zero attached hydrogens (tertiary/aromatic N) is 3. The number of benzene rings is 4. The molecule has 41 heavy (non-hydrogen) atoms. The molecule has 0 fully saturated rings. The van der Waals surface area contributed by atoms with Crippen molar-refractivity contribution in [3.05, 3.63) is 93.0 Å². The monoisotopic (exact) mass is 545 g/mol. The standard InChI is InChI=1S/C36H39N3O2/c1-9-25-17-31(23(5)15-21(25)3)37-24(6)29-13-11-27(19-40)34-30(14-12-28(20-41-8)35(29)34)36-38-32-18-26(10-2)22(4)16-33(32)39(36)7/h11-19H,9-10,20H2,1-8H3. The highest BCUT2D eigenvalue weighted by Crippen LogP contribution is 2.37. The molecule has 210 valence electrons. The first-order valence-electron chi connectivity index (χ1n) is 14.4. The van der Waals surface area contributed by atoms with Gasteiger partial charge in [-0.1, -0.05) is 44.2 Å². The second-order valence-electron chi connectivity index (χ2n) is 11.0. The van der Waals surface area contributed by atoms with Crippen LogP contribution in [0.15, 0.2) is 53.5 Å². The number of aryl methyl sites for hydroxylation is 6. The molecule has 0 aliphatic carbocycles. The summed E-state index contributed by atoms with van der Waals surface area (Å²) in [5.74, 6) is 0.832. The van der Waals surface area contributed by atoms with Gasteiger partial charge in [-0.3, -0.25) is 9.79 Å². The number of carbonyl (C=O) groups is 1. The summed E-state index contributed by atoms with van der Waals surface area (Å²) in [5, 5.41) is 1.86. The topological polar surface area (TPSA) is 56.5 Å². The summed E-state index contributed by atoms with van der Waals surface area (Å²) in [6.07, 6.45) is 2.86. The van der Waals surface area contributed by atoms with E-state index < -0.39 is 0 Å². The molecule has 0 unspecified atom stereocenters. The molecule has 0 saturated carbocycles. The Morgan fingerprint density at radius 3 is 2.29 bits per heavy atom. The van der Waals surface area contributed by atoms with E-state index in [1.54, 1.807) is 7.11 Å². The van der Waals surface area contributed by atoms with Crippen molar-refractivity contribution in [1.29, 1.82) is 0 Å². The van der Waals surface area contributed by atoms with E-state index in [4.69, 9.17) is 14.7 Å². The Bertz CT molecular complexity index is 1840. The highest BCUT2D eigenvalue weighted by molar-refractivity contribution is 6.18. The van der Waals surface area contributed by atoms with E-state index in [1.165, 1.54) is 22.3 Å². The van der Waals surface area contributed by atoms with E-state index in [9.17, 15) is 4.79 Å². The van der Waals surface area contributed by atoms with Crippen molar-refractivity contribution in [3.8, 4) is 11.4 Å². The molecule has 1 aromatic heterocycles. The van der Waals surface area contributed by atoms with E-state index in [0.29, 0.717) is 12.2 Å². The lowest BCUT2D eigenvalue weighted by atomic mass is 9.90. The van der Waals surface area contributed by atoms with E-state index in [-0.39, 0.29) is 0 Å². The third-order valence-electron chi connectivity index (χ3n) is 8.38. The quantitative estimate of drug-likeness (QED) is 0.145. The van der Waals surface area contributed by atoms with Gasteiger partial charge in [-0.25, -0.2) is 4.98 Å². The minimum atomic E-state index is 0.421.